The molecule has 4 heterocycles. The van der Waals surface area contributed by atoms with Crippen LogP contribution in [-0.2, 0) is 17.8 Å². The van der Waals surface area contributed by atoms with Gasteiger partial charge in [-0.15, -0.1) is 0 Å². The van der Waals surface area contributed by atoms with E-state index in [4.69, 9.17) is 16.3 Å². The third-order valence-electron chi connectivity index (χ3n) is 5.55. The molecule has 150 valence electrons. The van der Waals surface area contributed by atoms with Crippen LogP contribution in [0.4, 0.5) is 0 Å². The lowest BCUT2D eigenvalue weighted by molar-refractivity contribution is -0.138. The molecule has 0 saturated carbocycles. The zero-order chi connectivity index (χ0) is 20.0. The van der Waals surface area contributed by atoms with Crippen LogP contribution < -0.4 is 10.1 Å². The number of hydrogen-bond acceptors (Lipinski definition) is 5. The molecule has 1 atom stereocenters. The van der Waals surface area contributed by atoms with Crippen LogP contribution in [0.3, 0.4) is 0 Å². The number of hydrogen-bond donors (Lipinski definition) is 3. The van der Waals surface area contributed by atoms with Crippen molar-refractivity contribution < 1.29 is 14.6 Å². The number of aromatic nitrogens is 2. The Morgan fingerprint density at radius 3 is 2.90 bits per heavy atom. The van der Waals surface area contributed by atoms with E-state index in [1.54, 1.807) is 6.20 Å². The highest BCUT2D eigenvalue weighted by Crippen LogP contribution is 2.43. The van der Waals surface area contributed by atoms with Crippen LogP contribution in [0.2, 0.25) is 5.02 Å². The van der Waals surface area contributed by atoms with E-state index < -0.39 is 6.10 Å². The number of carbonyl (C=O) groups excluding carboxylic acids is 1. The summed E-state index contributed by atoms with van der Waals surface area (Å²) in [6, 6.07) is 7.51. The molecule has 2 aliphatic rings. The Morgan fingerprint density at radius 2 is 2.10 bits per heavy atom. The summed E-state index contributed by atoms with van der Waals surface area (Å²) in [4.78, 5) is 22.3. The molecule has 2 aromatic heterocycles. The van der Waals surface area contributed by atoms with Crippen LogP contribution in [0.15, 0.2) is 30.5 Å². The number of H-pyrrole nitrogens is 1. The molecule has 5 rings (SSSR count). The van der Waals surface area contributed by atoms with Gasteiger partial charge in [0.25, 0.3) is 5.91 Å². The van der Waals surface area contributed by atoms with Gasteiger partial charge in [-0.2, -0.15) is 0 Å². The van der Waals surface area contributed by atoms with Crippen LogP contribution in [-0.4, -0.2) is 58.2 Å². The van der Waals surface area contributed by atoms with Gasteiger partial charge in [-0.25, -0.2) is 4.98 Å². The van der Waals surface area contributed by atoms with Crippen LogP contribution in [0.25, 0.3) is 22.2 Å². The van der Waals surface area contributed by atoms with Gasteiger partial charge in [0.1, 0.15) is 11.4 Å². The highest BCUT2D eigenvalue weighted by Gasteiger charge is 2.35. The second-order valence-corrected chi connectivity index (χ2v) is 7.84. The largest absolute Gasteiger partial charge is 0.479 e. The lowest BCUT2D eigenvalue weighted by Gasteiger charge is -2.29. The first-order valence-corrected chi connectivity index (χ1v) is 10.1. The first kappa shape index (κ1) is 18.4. The minimum atomic E-state index is -0.531. The molecule has 0 radical (unpaired) electrons. The number of rotatable bonds is 3. The number of pyridine rings is 1. The van der Waals surface area contributed by atoms with Crippen LogP contribution >= 0.6 is 11.6 Å². The Hall–Kier alpha value is -2.61. The predicted molar refractivity (Wildman–Crippen MR) is 110 cm³/mol. The van der Waals surface area contributed by atoms with Crippen molar-refractivity contribution >= 4 is 28.5 Å². The van der Waals surface area contributed by atoms with E-state index in [2.05, 4.69) is 15.3 Å². The number of aliphatic hydroxyl groups excluding tert-OH is 1. The Kier molecular flexibility index (Phi) is 4.66. The van der Waals surface area contributed by atoms with Gasteiger partial charge in [0, 0.05) is 66.0 Å². The normalized spacial score (nSPS) is 18.7. The van der Waals surface area contributed by atoms with E-state index >= 15 is 0 Å². The van der Waals surface area contributed by atoms with Gasteiger partial charge in [-0.3, -0.25) is 4.79 Å². The van der Waals surface area contributed by atoms with E-state index in [1.807, 2.05) is 29.2 Å². The second kappa shape index (κ2) is 7.33. The number of ether oxygens (including phenoxy) is 1. The quantitative estimate of drug-likeness (QED) is 0.613. The van der Waals surface area contributed by atoms with E-state index in [-0.39, 0.29) is 12.5 Å². The first-order valence-electron chi connectivity index (χ1n) is 9.70. The molecule has 0 spiro atoms. The zero-order valence-electron chi connectivity index (χ0n) is 15.7. The Bertz CT molecular complexity index is 1090. The number of nitrogens with one attached hydrogen (secondary N) is 2. The summed E-state index contributed by atoms with van der Waals surface area (Å²) in [5, 5.41) is 14.2. The fourth-order valence-corrected chi connectivity index (χ4v) is 4.39. The number of benzene rings is 1. The molecule has 3 aromatic rings. The number of aliphatic hydroxyl groups is 1. The molecule has 1 saturated heterocycles. The van der Waals surface area contributed by atoms with Crippen LogP contribution in [0, 0.1) is 0 Å². The SMILES string of the molecule is O=C([C@@H]1Cc2cc(Cl)cc(-c3ccnc4[nH]c(CO)cc34)c2O1)N1CCNCC1. The molecule has 0 unspecified atom stereocenters. The molecule has 1 amide bonds. The number of piperazine rings is 1. The maximum absolute atomic E-state index is 13.0. The Balaban J connectivity index is 1.54. The summed E-state index contributed by atoms with van der Waals surface area (Å²) >= 11 is 6.42. The van der Waals surface area contributed by atoms with E-state index in [1.165, 1.54) is 0 Å². The molecule has 3 N–H and O–H groups in total. The van der Waals surface area contributed by atoms with Crippen molar-refractivity contribution in [1.82, 2.24) is 20.2 Å². The third kappa shape index (κ3) is 3.25. The lowest BCUT2D eigenvalue weighted by Crippen LogP contribution is -2.50. The molecular weight excluding hydrogens is 392 g/mol. The first-order chi connectivity index (χ1) is 14.1. The van der Waals surface area contributed by atoms with Crippen molar-refractivity contribution in [1.29, 1.82) is 0 Å². The van der Waals surface area contributed by atoms with Gasteiger partial charge in [0.2, 0.25) is 0 Å². The van der Waals surface area contributed by atoms with Gasteiger partial charge in [0.15, 0.2) is 6.10 Å². The van der Waals surface area contributed by atoms with Gasteiger partial charge >= 0.3 is 0 Å². The summed E-state index contributed by atoms with van der Waals surface area (Å²) in [5.74, 6) is 0.719. The van der Waals surface area contributed by atoms with Gasteiger partial charge in [-0.1, -0.05) is 11.6 Å². The summed E-state index contributed by atoms with van der Waals surface area (Å²) < 4.78 is 6.19. The second-order valence-electron chi connectivity index (χ2n) is 7.40. The fourth-order valence-electron chi connectivity index (χ4n) is 4.15. The highest BCUT2D eigenvalue weighted by molar-refractivity contribution is 6.31. The monoisotopic (exact) mass is 412 g/mol. The third-order valence-corrected chi connectivity index (χ3v) is 5.77. The Labute approximate surface area is 172 Å². The molecule has 1 fully saturated rings. The van der Waals surface area contributed by atoms with E-state index in [0.29, 0.717) is 41.6 Å². The summed E-state index contributed by atoms with van der Waals surface area (Å²) in [7, 11) is 0. The number of fused-ring (bicyclic) bond motifs is 2. The number of halogens is 1. The van der Waals surface area contributed by atoms with Gasteiger partial charge in [0.05, 0.1) is 6.61 Å². The summed E-state index contributed by atoms with van der Waals surface area (Å²) in [5.41, 5.74) is 4.04. The van der Waals surface area contributed by atoms with Crippen molar-refractivity contribution in [3.05, 3.63) is 46.7 Å². The van der Waals surface area contributed by atoms with Crippen molar-refractivity contribution in [2.75, 3.05) is 26.2 Å². The zero-order valence-corrected chi connectivity index (χ0v) is 16.5. The molecule has 0 bridgehead atoms. The smallest absolute Gasteiger partial charge is 0.264 e. The number of carbonyl (C=O) groups is 1. The van der Waals surface area contributed by atoms with E-state index in [9.17, 15) is 9.90 Å². The molecule has 8 heteroatoms. The molecule has 7 nitrogen and oxygen atoms in total. The summed E-state index contributed by atoms with van der Waals surface area (Å²) in [6.07, 6.45) is 1.69. The van der Waals surface area contributed by atoms with Gasteiger partial charge < -0.3 is 25.0 Å². The minimum Gasteiger partial charge on any atom is -0.479 e. The fraction of sp³-hybridized carbons (Fsp3) is 0.333. The van der Waals surface area contributed by atoms with Crippen molar-refractivity contribution in [2.45, 2.75) is 19.1 Å². The average molecular weight is 413 g/mol. The van der Waals surface area contributed by atoms with Crippen LogP contribution in [0.5, 0.6) is 5.75 Å². The number of aromatic amines is 1. The van der Waals surface area contributed by atoms with Crippen LogP contribution in [0.1, 0.15) is 11.3 Å². The predicted octanol–water partition coefficient (Wildman–Crippen LogP) is 2.11. The number of nitrogens with zero attached hydrogens (tertiary/aromatic N) is 2. The molecule has 2 aliphatic heterocycles. The molecule has 0 aliphatic carbocycles. The van der Waals surface area contributed by atoms with E-state index in [0.717, 1.165) is 35.2 Å². The highest BCUT2D eigenvalue weighted by atomic mass is 35.5. The van der Waals surface area contributed by atoms with Crippen molar-refractivity contribution in [3.63, 3.8) is 0 Å². The van der Waals surface area contributed by atoms with Crippen molar-refractivity contribution in [3.8, 4) is 16.9 Å². The molecular formula is C21H21ClN4O3. The van der Waals surface area contributed by atoms with Gasteiger partial charge in [-0.05, 0) is 29.8 Å². The van der Waals surface area contributed by atoms with Crippen molar-refractivity contribution in [2.24, 2.45) is 0 Å². The molecule has 29 heavy (non-hydrogen) atoms. The average Bonchev–Trinajstić information content (AvgIpc) is 3.36. The number of amides is 1. The summed E-state index contributed by atoms with van der Waals surface area (Å²) in [6.45, 7) is 2.90. The standard InChI is InChI=1S/C21H21ClN4O3/c22-13-7-12-8-18(21(28)26-5-3-23-4-6-26)29-19(12)16(9-13)15-1-2-24-20-17(15)10-14(11-27)25-20/h1-2,7,9-10,18,23,27H,3-6,8,11H2,(H,24,25)/t18-/m0/s1. The Morgan fingerprint density at radius 1 is 1.28 bits per heavy atom. The topological polar surface area (TPSA) is 90.5 Å². The molecule has 1 aromatic carbocycles. The minimum absolute atomic E-state index is 0.0221. The lowest BCUT2D eigenvalue weighted by atomic mass is 9.99. The maximum Gasteiger partial charge on any atom is 0.264 e. The maximum atomic E-state index is 13.0.